The number of rotatable bonds is 7. The summed E-state index contributed by atoms with van der Waals surface area (Å²) in [5, 5.41) is 6.69. The maximum Gasteiger partial charge on any atom is 0.252 e. The minimum Gasteiger partial charge on any atom is -0.378 e. The molecule has 1 fully saturated rings. The lowest BCUT2D eigenvalue weighted by Crippen LogP contribution is -2.36. The van der Waals surface area contributed by atoms with Crippen LogP contribution in [-0.2, 0) is 4.74 Å². The van der Waals surface area contributed by atoms with E-state index in [9.17, 15) is 4.79 Å². The first-order valence-corrected chi connectivity index (χ1v) is 10.4. The zero-order chi connectivity index (χ0) is 21.6. The van der Waals surface area contributed by atoms with Crippen LogP contribution < -0.4 is 21.3 Å². The lowest BCUT2D eigenvalue weighted by atomic mass is 10.1. The van der Waals surface area contributed by atoms with Crippen LogP contribution in [-0.4, -0.2) is 37.2 Å². The van der Waals surface area contributed by atoms with Crippen LogP contribution in [0.1, 0.15) is 28.9 Å². The van der Waals surface area contributed by atoms with Gasteiger partial charge in [-0.25, -0.2) is 4.98 Å². The van der Waals surface area contributed by atoms with Crippen LogP contribution >= 0.6 is 0 Å². The maximum atomic E-state index is 11.9. The summed E-state index contributed by atoms with van der Waals surface area (Å²) in [4.78, 5) is 18.6. The maximum absolute atomic E-state index is 11.9. The third kappa shape index (κ3) is 5.13. The highest BCUT2D eigenvalue weighted by molar-refractivity contribution is 5.98. The van der Waals surface area contributed by atoms with Gasteiger partial charge in [0.2, 0.25) is 0 Å². The molecule has 7 heteroatoms. The topological polar surface area (TPSA) is 92.5 Å². The summed E-state index contributed by atoms with van der Waals surface area (Å²) in [6.45, 7) is 5.35. The summed E-state index contributed by atoms with van der Waals surface area (Å²) in [7, 11) is 0. The van der Waals surface area contributed by atoms with E-state index >= 15 is 0 Å². The van der Waals surface area contributed by atoms with E-state index in [0.29, 0.717) is 17.1 Å². The summed E-state index contributed by atoms with van der Waals surface area (Å²) < 4.78 is 5.42. The van der Waals surface area contributed by atoms with E-state index in [0.717, 1.165) is 37.6 Å². The predicted octanol–water partition coefficient (Wildman–Crippen LogP) is 3.93. The van der Waals surface area contributed by atoms with Gasteiger partial charge in [-0.15, -0.1) is 0 Å². The van der Waals surface area contributed by atoms with E-state index in [1.807, 2.05) is 55.5 Å². The van der Waals surface area contributed by atoms with Gasteiger partial charge in [0, 0.05) is 42.8 Å². The van der Waals surface area contributed by atoms with E-state index in [2.05, 4.69) is 32.7 Å². The second kappa shape index (κ2) is 9.49. The van der Waals surface area contributed by atoms with E-state index in [4.69, 9.17) is 10.5 Å². The smallest absolute Gasteiger partial charge is 0.252 e. The van der Waals surface area contributed by atoms with Crippen molar-refractivity contribution in [3.05, 3.63) is 78.0 Å². The molecule has 0 spiro atoms. The number of primary amides is 1. The summed E-state index contributed by atoms with van der Waals surface area (Å²) in [5.74, 6) is 0.114. The van der Waals surface area contributed by atoms with Crippen LogP contribution in [0.2, 0.25) is 0 Å². The number of anilines is 4. The van der Waals surface area contributed by atoms with Gasteiger partial charge < -0.3 is 26.0 Å². The van der Waals surface area contributed by atoms with Gasteiger partial charge in [0.05, 0.1) is 24.5 Å². The molecule has 2 heterocycles. The Morgan fingerprint density at radius 3 is 2.48 bits per heavy atom. The first-order chi connectivity index (χ1) is 15.1. The Bertz CT molecular complexity index is 1020. The number of carbonyl (C=O) groups is 1. The number of nitrogens with zero attached hydrogens (tertiary/aromatic N) is 2. The Labute approximate surface area is 182 Å². The molecule has 0 radical (unpaired) electrons. The number of nitrogens with two attached hydrogens (primary N) is 1. The second-order valence-corrected chi connectivity index (χ2v) is 7.53. The fraction of sp³-hybridized carbons (Fsp3) is 0.250. The highest BCUT2D eigenvalue weighted by Crippen LogP contribution is 2.26. The van der Waals surface area contributed by atoms with Gasteiger partial charge >= 0.3 is 0 Å². The largest absolute Gasteiger partial charge is 0.378 e. The quantitative estimate of drug-likeness (QED) is 0.539. The number of hydrogen-bond donors (Lipinski definition) is 3. The fourth-order valence-corrected chi connectivity index (χ4v) is 3.62. The molecule has 1 amide bonds. The minimum atomic E-state index is -0.517. The van der Waals surface area contributed by atoms with Crippen LogP contribution in [0.5, 0.6) is 0 Å². The van der Waals surface area contributed by atoms with Crippen molar-refractivity contribution in [3.63, 3.8) is 0 Å². The summed E-state index contributed by atoms with van der Waals surface area (Å²) in [6.07, 6.45) is 1.51. The van der Waals surface area contributed by atoms with Crippen LogP contribution in [0, 0.1) is 0 Å². The van der Waals surface area contributed by atoms with E-state index in [-0.39, 0.29) is 6.04 Å². The van der Waals surface area contributed by atoms with Crippen molar-refractivity contribution in [2.24, 2.45) is 5.73 Å². The van der Waals surface area contributed by atoms with Crippen LogP contribution in [0.15, 0.2) is 66.9 Å². The normalized spacial score (nSPS) is 14.7. The lowest BCUT2D eigenvalue weighted by molar-refractivity contribution is 0.100. The number of pyridine rings is 1. The molecule has 0 bridgehead atoms. The first kappa shape index (κ1) is 20.7. The van der Waals surface area contributed by atoms with Gasteiger partial charge in [-0.1, -0.05) is 30.3 Å². The molecule has 160 valence electrons. The van der Waals surface area contributed by atoms with E-state index < -0.39 is 5.91 Å². The van der Waals surface area contributed by atoms with Crippen molar-refractivity contribution >= 4 is 28.8 Å². The monoisotopic (exact) mass is 417 g/mol. The third-order valence-corrected chi connectivity index (χ3v) is 5.36. The molecule has 31 heavy (non-hydrogen) atoms. The number of ether oxygens (including phenoxy) is 1. The van der Waals surface area contributed by atoms with Gasteiger partial charge in [0.25, 0.3) is 5.91 Å². The minimum absolute atomic E-state index is 0.00218. The highest BCUT2D eigenvalue weighted by Gasteiger charge is 2.14. The molecule has 4 rings (SSSR count). The van der Waals surface area contributed by atoms with Crippen molar-refractivity contribution in [3.8, 4) is 0 Å². The molecule has 1 saturated heterocycles. The number of hydrogen-bond acceptors (Lipinski definition) is 6. The summed E-state index contributed by atoms with van der Waals surface area (Å²) in [6, 6.07) is 20.1. The van der Waals surface area contributed by atoms with Crippen LogP contribution in [0.25, 0.3) is 0 Å². The Morgan fingerprint density at radius 1 is 1.10 bits per heavy atom. The van der Waals surface area contributed by atoms with Gasteiger partial charge in [0.1, 0.15) is 5.82 Å². The lowest BCUT2D eigenvalue weighted by Gasteiger charge is -2.28. The van der Waals surface area contributed by atoms with E-state index in [1.54, 1.807) is 0 Å². The number of benzene rings is 2. The number of nitrogens with one attached hydrogen (secondary N) is 2. The summed E-state index contributed by atoms with van der Waals surface area (Å²) in [5.41, 5.74) is 9.77. The Balaban J connectivity index is 1.51. The zero-order valence-electron chi connectivity index (χ0n) is 17.5. The van der Waals surface area contributed by atoms with Gasteiger partial charge in [-0.05, 0) is 36.8 Å². The molecular formula is C24H27N5O2. The molecule has 1 aliphatic rings. The standard InChI is InChI=1S/C24H27N5O2/c1-17(18-5-3-2-4-6-18)27-22-15-23(26-16-21(22)24(25)30)28-19-7-9-20(10-8-19)29-11-13-31-14-12-29/h2-10,15-17H,11-14H2,1H3,(H2,25,30)(H2,26,27,28). The van der Waals surface area contributed by atoms with Crippen molar-refractivity contribution in [2.45, 2.75) is 13.0 Å². The second-order valence-electron chi connectivity index (χ2n) is 7.53. The first-order valence-electron chi connectivity index (χ1n) is 10.4. The molecule has 0 saturated carbocycles. The molecule has 2 aromatic carbocycles. The zero-order valence-corrected chi connectivity index (χ0v) is 17.5. The van der Waals surface area contributed by atoms with Gasteiger partial charge in [-0.2, -0.15) is 0 Å². The van der Waals surface area contributed by atoms with Crippen molar-refractivity contribution in [2.75, 3.05) is 41.8 Å². The van der Waals surface area contributed by atoms with Crippen molar-refractivity contribution < 1.29 is 9.53 Å². The molecule has 0 aliphatic carbocycles. The Hall–Kier alpha value is -3.58. The molecule has 1 unspecified atom stereocenters. The number of carbonyl (C=O) groups excluding carboxylic acids is 1. The highest BCUT2D eigenvalue weighted by atomic mass is 16.5. The van der Waals surface area contributed by atoms with Crippen molar-refractivity contribution in [1.29, 1.82) is 0 Å². The van der Waals surface area contributed by atoms with Crippen molar-refractivity contribution in [1.82, 2.24) is 4.98 Å². The SMILES string of the molecule is CC(Nc1cc(Nc2ccc(N3CCOCC3)cc2)ncc1C(N)=O)c1ccccc1. The van der Waals surface area contributed by atoms with Gasteiger partial charge in [0.15, 0.2) is 0 Å². The predicted molar refractivity (Wildman–Crippen MR) is 124 cm³/mol. The molecule has 3 aromatic rings. The number of morpholine rings is 1. The van der Waals surface area contributed by atoms with Crippen LogP contribution in [0.3, 0.4) is 0 Å². The molecule has 1 aliphatic heterocycles. The summed E-state index contributed by atoms with van der Waals surface area (Å²) >= 11 is 0. The molecule has 1 aromatic heterocycles. The van der Waals surface area contributed by atoms with Gasteiger partial charge in [-0.3, -0.25) is 4.79 Å². The average Bonchev–Trinajstić information content (AvgIpc) is 2.81. The molecule has 1 atom stereocenters. The molecule has 7 nitrogen and oxygen atoms in total. The molecule has 4 N–H and O–H groups in total. The Kier molecular flexibility index (Phi) is 6.33. The fourth-order valence-electron chi connectivity index (χ4n) is 3.62. The Morgan fingerprint density at radius 2 is 1.81 bits per heavy atom. The average molecular weight is 418 g/mol. The van der Waals surface area contributed by atoms with E-state index in [1.165, 1.54) is 11.9 Å². The van der Waals surface area contributed by atoms with Crippen LogP contribution in [0.4, 0.5) is 22.9 Å². The third-order valence-electron chi connectivity index (χ3n) is 5.36. The number of amides is 1. The number of aromatic nitrogens is 1. The molecular weight excluding hydrogens is 390 g/mol.